The number of carbonyl (C=O) groups excluding carboxylic acids is 2. The first kappa shape index (κ1) is 27.0. The number of esters is 1. The van der Waals surface area contributed by atoms with E-state index in [1.807, 2.05) is 20.8 Å². The van der Waals surface area contributed by atoms with Gasteiger partial charge in [-0.3, -0.25) is 14.7 Å². The van der Waals surface area contributed by atoms with Crippen LogP contribution in [0, 0.1) is 17.1 Å². The van der Waals surface area contributed by atoms with E-state index in [4.69, 9.17) is 22.2 Å². The molecule has 1 amide bonds. The van der Waals surface area contributed by atoms with Gasteiger partial charge in [-0.25, -0.2) is 9.18 Å². The van der Waals surface area contributed by atoms with Crippen LogP contribution in [0.4, 0.5) is 28.9 Å². The summed E-state index contributed by atoms with van der Waals surface area (Å²) in [7, 11) is 1.20. The average Bonchev–Trinajstić information content (AvgIpc) is 2.94. The number of alkyl halides is 3. The number of aromatic nitrogens is 1. The molecule has 0 radical (unpaired) electrons. The van der Waals surface area contributed by atoms with Crippen molar-refractivity contribution in [2.75, 3.05) is 16.9 Å². The highest BCUT2D eigenvalue weighted by Gasteiger charge is 2.52. The molecular formula is C24H22F4N4O3S. The van der Waals surface area contributed by atoms with E-state index in [-0.39, 0.29) is 16.4 Å². The zero-order valence-electron chi connectivity index (χ0n) is 20.2. The average molecular weight is 523 g/mol. The van der Waals surface area contributed by atoms with E-state index in [0.717, 1.165) is 12.1 Å². The van der Waals surface area contributed by atoms with Gasteiger partial charge in [-0.05, 0) is 44.3 Å². The maximum atomic E-state index is 15.2. The van der Waals surface area contributed by atoms with Gasteiger partial charge in [-0.1, -0.05) is 20.8 Å². The lowest BCUT2D eigenvalue weighted by Gasteiger charge is -2.30. The van der Waals surface area contributed by atoms with Gasteiger partial charge < -0.3 is 9.64 Å². The minimum atomic E-state index is -5.19. The van der Waals surface area contributed by atoms with Crippen molar-refractivity contribution in [3.63, 3.8) is 0 Å². The summed E-state index contributed by atoms with van der Waals surface area (Å²) < 4.78 is 60.7. The number of pyridine rings is 1. The van der Waals surface area contributed by atoms with Crippen LogP contribution in [0.25, 0.3) is 0 Å². The van der Waals surface area contributed by atoms with Crippen molar-refractivity contribution in [3.05, 3.63) is 52.6 Å². The Morgan fingerprint density at radius 1 is 1.22 bits per heavy atom. The molecule has 1 saturated heterocycles. The molecule has 0 unspecified atom stereocenters. The summed E-state index contributed by atoms with van der Waals surface area (Å²) in [5, 5.41) is 8.70. The summed E-state index contributed by atoms with van der Waals surface area (Å²) in [4.78, 5) is 32.2. The molecule has 12 heteroatoms. The summed E-state index contributed by atoms with van der Waals surface area (Å²) >= 11 is 5.43. The minimum Gasteiger partial charge on any atom is -0.465 e. The molecule has 0 atom stereocenters. The predicted octanol–water partition coefficient (Wildman–Crippen LogP) is 5.11. The van der Waals surface area contributed by atoms with E-state index >= 15 is 4.39 Å². The lowest BCUT2D eigenvalue weighted by Crippen LogP contribution is -2.44. The number of hydrogen-bond acceptors (Lipinski definition) is 6. The lowest BCUT2D eigenvalue weighted by atomic mass is 9.88. The van der Waals surface area contributed by atoms with Crippen molar-refractivity contribution in [2.45, 2.75) is 51.7 Å². The Morgan fingerprint density at radius 3 is 2.33 bits per heavy atom. The van der Waals surface area contributed by atoms with Crippen LogP contribution in [0.5, 0.6) is 0 Å². The molecule has 0 saturated carbocycles. The minimum absolute atomic E-state index is 0.107. The quantitative estimate of drug-likeness (QED) is 0.315. The maximum absolute atomic E-state index is 15.2. The van der Waals surface area contributed by atoms with Gasteiger partial charge in [0.15, 0.2) is 10.9 Å². The number of anilines is 2. The lowest BCUT2D eigenvalue weighted by molar-refractivity contribution is -0.140. The molecule has 1 aliphatic rings. The van der Waals surface area contributed by atoms with Gasteiger partial charge in [0.05, 0.1) is 47.6 Å². The normalized spacial score (nSPS) is 15.8. The molecule has 36 heavy (non-hydrogen) atoms. The molecular weight excluding hydrogens is 500 g/mol. The van der Waals surface area contributed by atoms with Gasteiger partial charge in [0.2, 0.25) is 0 Å². The number of benzene rings is 1. The molecule has 1 aromatic carbocycles. The largest absolute Gasteiger partial charge is 0.465 e. The Kier molecular flexibility index (Phi) is 6.61. The molecule has 190 valence electrons. The standard InChI is InChI=1S/C24H22F4N4O3S/c1-22(2,3)18-14(19(33)35-6)9-13(11-30-18)32-21(36)31(20(34)23(32,4)5)15-8-7-12(10-29)16(17(15)25)24(26,27)28/h7-9,11H,1-6H3. The number of rotatable bonds is 3. The Bertz CT molecular complexity index is 1330. The van der Waals surface area contributed by atoms with Gasteiger partial charge in [0.25, 0.3) is 5.91 Å². The molecule has 3 rings (SSSR count). The van der Waals surface area contributed by atoms with Crippen LogP contribution in [0.3, 0.4) is 0 Å². The number of amides is 1. The Balaban J connectivity index is 2.21. The van der Waals surface area contributed by atoms with Crippen molar-refractivity contribution in [3.8, 4) is 6.07 Å². The van der Waals surface area contributed by atoms with Crippen molar-refractivity contribution in [2.24, 2.45) is 0 Å². The summed E-state index contributed by atoms with van der Waals surface area (Å²) in [5.41, 5.74) is -4.81. The third-order valence-corrected chi connectivity index (χ3v) is 6.05. The van der Waals surface area contributed by atoms with Crippen molar-refractivity contribution in [1.82, 2.24) is 4.98 Å². The van der Waals surface area contributed by atoms with Crippen LogP contribution in [-0.2, 0) is 21.1 Å². The van der Waals surface area contributed by atoms with E-state index in [9.17, 15) is 22.8 Å². The summed E-state index contributed by atoms with van der Waals surface area (Å²) in [6.45, 7) is 8.40. The highest BCUT2D eigenvalue weighted by atomic mass is 32.1. The first-order chi connectivity index (χ1) is 16.5. The Hall–Kier alpha value is -3.59. The zero-order chi connectivity index (χ0) is 27.4. The van der Waals surface area contributed by atoms with Gasteiger partial charge >= 0.3 is 12.1 Å². The number of carbonyl (C=O) groups is 2. The smallest absolute Gasteiger partial charge is 0.420 e. The molecule has 1 fully saturated rings. The SMILES string of the molecule is COC(=O)c1cc(N2C(=S)N(c3ccc(C#N)c(C(F)(F)F)c3F)C(=O)C2(C)C)cnc1C(C)(C)C. The molecule has 7 nitrogen and oxygen atoms in total. The summed E-state index contributed by atoms with van der Waals surface area (Å²) in [5.74, 6) is -3.30. The number of hydrogen-bond donors (Lipinski definition) is 0. The zero-order valence-corrected chi connectivity index (χ0v) is 21.1. The third-order valence-electron chi connectivity index (χ3n) is 5.68. The Morgan fingerprint density at radius 2 is 1.83 bits per heavy atom. The first-order valence-electron chi connectivity index (χ1n) is 10.6. The number of thiocarbonyl (C=S) groups is 1. The van der Waals surface area contributed by atoms with E-state index < -0.39 is 51.6 Å². The molecule has 0 bridgehead atoms. The van der Waals surface area contributed by atoms with Crippen LogP contribution in [0.2, 0.25) is 0 Å². The van der Waals surface area contributed by atoms with Crippen LogP contribution in [-0.4, -0.2) is 34.6 Å². The maximum Gasteiger partial charge on any atom is 0.420 e. The predicted molar refractivity (Wildman–Crippen MR) is 127 cm³/mol. The Labute approximate surface area is 210 Å². The van der Waals surface area contributed by atoms with Gasteiger partial charge in [0, 0.05) is 5.41 Å². The van der Waals surface area contributed by atoms with E-state index in [0.29, 0.717) is 10.6 Å². The molecule has 0 spiro atoms. The second-order valence-corrected chi connectivity index (χ2v) is 9.94. The third kappa shape index (κ3) is 4.28. The number of halogens is 4. The van der Waals surface area contributed by atoms with Crippen molar-refractivity contribution < 1.29 is 31.9 Å². The first-order valence-corrected chi connectivity index (χ1v) is 11.0. The molecule has 2 aromatic rings. The second kappa shape index (κ2) is 8.81. The summed E-state index contributed by atoms with van der Waals surface area (Å²) in [6, 6.07) is 4.41. The number of ether oxygens (including phenoxy) is 1. The fraction of sp³-hybridized carbons (Fsp3) is 0.375. The molecule has 2 heterocycles. The number of nitriles is 1. The number of methoxy groups -OCH3 is 1. The van der Waals surface area contributed by atoms with Crippen LogP contribution >= 0.6 is 12.2 Å². The highest BCUT2D eigenvalue weighted by molar-refractivity contribution is 7.81. The second-order valence-electron chi connectivity index (χ2n) is 9.58. The molecule has 0 aliphatic carbocycles. The molecule has 1 aromatic heterocycles. The number of nitrogens with zero attached hydrogens (tertiary/aromatic N) is 4. The van der Waals surface area contributed by atoms with Gasteiger partial charge in [0.1, 0.15) is 11.1 Å². The van der Waals surface area contributed by atoms with E-state index in [1.165, 1.54) is 44.2 Å². The van der Waals surface area contributed by atoms with Gasteiger partial charge in [-0.15, -0.1) is 0 Å². The van der Waals surface area contributed by atoms with Crippen LogP contribution in [0.1, 0.15) is 61.8 Å². The summed E-state index contributed by atoms with van der Waals surface area (Å²) in [6.07, 6.45) is -3.82. The van der Waals surface area contributed by atoms with Crippen LogP contribution in [0.15, 0.2) is 24.4 Å². The fourth-order valence-electron chi connectivity index (χ4n) is 3.99. The van der Waals surface area contributed by atoms with Crippen molar-refractivity contribution in [1.29, 1.82) is 5.26 Å². The van der Waals surface area contributed by atoms with Crippen LogP contribution < -0.4 is 9.80 Å². The van der Waals surface area contributed by atoms with E-state index in [2.05, 4.69) is 4.98 Å². The fourth-order valence-corrected chi connectivity index (χ4v) is 4.50. The van der Waals surface area contributed by atoms with Crippen molar-refractivity contribution >= 4 is 40.6 Å². The highest BCUT2D eigenvalue weighted by Crippen LogP contribution is 2.42. The molecule has 0 N–H and O–H groups in total. The van der Waals surface area contributed by atoms with E-state index in [1.54, 1.807) is 0 Å². The monoisotopic (exact) mass is 522 g/mol. The van der Waals surface area contributed by atoms with Gasteiger partial charge in [-0.2, -0.15) is 18.4 Å². The molecule has 1 aliphatic heterocycles. The topological polar surface area (TPSA) is 86.5 Å².